The number of aromatic nitrogens is 5. The van der Waals surface area contributed by atoms with E-state index < -0.39 is 0 Å². The third-order valence-corrected chi connectivity index (χ3v) is 11.8. The third kappa shape index (κ3) is 6.21. The molecule has 0 aliphatic rings. The van der Waals surface area contributed by atoms with Crippen molar-refractivity contribution in [2.75, 3.05) is 9.80 Å². The number of anilines is 6. The molecule has 0 aliphatic heterocycles. The summed E-state index contributed by atoms with van der Waals surface area (Å²) in [6.45, 7) is 0. The Bertz CT molecular complexity index is 3400. The monoisotopic (exact) mass is 807 g/mol. The van der Waals surface area contributed by atoms with E-state index in [1.807, 2.05) is 18.2 Å². The lowest BCUT2D eigenvalue weighted by Crippen LogP contribution is -2.09. The predicted molar refractivity (Wildman–Crippen MR) is 259 cm³/mol. The Kier molecular flexibility index (Phi) is 8.67. The van der Waals surface area contributed by atoms with Crippen LogP contribution in [0, 0.1) is 0 Å². The minimum atomic E-state index is 0.773. The molecule has 0 saturated carbocycles. The Hall–Kier alpha value is -8.68. The molecule has 0 N–H and O–H groups in total. The number of rotatable bonds is 8. The molecule has 0 radical (unpaired) electrons. The topological polar surface area (TPSA) is 63.0 Å². The zero-order valence-electron chi connectivity index (χ0n) is 34.0. The fraction of sp³-hybridized carbons (Fsp3) is 0. The van der Waals surface area contributed by atoms with E-state index in [1.54, 1.807) is 12.4 Å². The van der Waals surface area contributed by atoms with Crippen molar-refractivity contribution in [2.24, 2.45) is 0 Å². The zero-order valence-corrected chi connectivity index (χ0v) is 34.0. The highest BCUT2D eigenvalue weighted by atomic mass is 15.2. The molecule has 12 aromatic rings. The van der Waals surface area contributed by atoms with E-state index in [1.165, 1.54) is 0 Å². The lowest BCUT2D eigenvalue weighted by atomic mass is 10.0. The number of pyridine rings is 2. The van der Waals surface area contributed by atoms with E-state index in [0.717, 1.165) is 106 Å². The first kappa shape index (κ1) is 36.2. The molecule has 0 fully saturated rings. The lowest BCUT2D eigenvalue weighted by molar-refractivity contribution is 1.10. The Morgan fingerprint density at radius 1 is 0.317 bits per heavy atom. The number of fused-ring (bicyclic) bond motifs is 9. The maximum atomic E-state index is 5.55. The predicted octanol–water partition coefficient (Wildman–Crippen LogP) is 14.4. The average molecular weight is 808 g/mol. The fourth-order valence-electron chi connectivity index (χ4n) is 9.00. The molecule has 12 rings (SSSR count). The van der Waals surface area contributed by atoms with E-state index >= 15 is 0 Å². The SMILES string of the molecule is c1ccc(-c2ccc3c4nccnc4c4ccc(-n5c6ccc(N(c7ccccc7)c7ccccc7)cc6c6cc(N(c7ccccc7)c7ccccc7)ccc65)nc4c3n2)cc1. The summed E-state index contributed by atoms with van der Waals surface area (Å²) < 4.78 is 2.29. The number of benzene rings is 8. The van der Waals surface area contributed by atoms with Gasteiger partial charge in [0.05, 0.1) is 33.3 Å². The van der Waals surface area contributed by atoms with Crippen LogP contribution >= 0.6 is 0 Å². The maximum absolute atomic E-state index is 5.55. The first-order valence-corrected chi connectivity index (χ1v) is 21.1. The van der Waals surface area contributed by atoms with Crippen molar-refractivity contribution in [3.63, 3.8) is 0 Å². The summed E-state index contributed by atoms with van der Waals surface area (Å²) in [4.78, 5) is 25.1. The van der Waals surface area contributed by atoms with Crippen LogP contribution in [0.25, 0.3) is 71.7 Å². The van der Waals surface area contributed by atoms with Gasteiger partial charge in [0.2, 0.25) is 0 Å². The molecule has 63 heavy (non-hydrogen) atoms. The molecule has 7 heteroatoms. The van der Waals surface area contributed by atoms with Crippen LogP contribution in [-0.4, -0.2) is 24.5 Å². The smallest absolute Gasteiger partial charge is 0.138 e. The molecule has 7 nitrogen and oxygen atoms in total. The minimum absolute atomic E-state index is 0.773. The van der Waals surface area contributed by atoms with Gasteiger partial charge in [0, 0.05) is 73.6 Å². The first-order valence-electron chi connectivity index (χ1n) is 21.1. The van der Waals surface area contributed by atoms with Crippen LogP contribution in [0.15, 0.2) is 225 Å². The van der Waals surface area contributed by atoms with Crippen LogP contribution in [0.2, 0.25) is 0 Å². The van der Waals surface area contributed by atoms with Gasteiger partial charge in [-0.25, -0.2) is 9.97 Å². The number of nitrogens with zero attached hydrogens (tertiary/aromatic N) is 7. The molecule has 0 aliphatic carbocycles. The lowest BCUT2D eigenvalue weighted by Gasteiger charge is -2.26. The minimum Gasteiger partial charge on any atom is -0.310 e. The van der Waals surface area contributed by atoms with E-state index in [0.29, 0.717) is 0 Å². The van der Waals surface area contributed by atoms with Gasteiger partial charge >= 0.3 is 0 Å². The highest BCUT2D eigenvalue weighted by molar-refractivity contribution is 6.21. The van der Waals surface area contributed by atoms with Gasteiger partial charge in [0.25, 0.3) is 0 Å². The molecular weight excluding hydrogens is 771 g/mol. The van der Waals surface area contributed by atoms with Crippen molar-refractivity contribution >= 4 is 88.8 Å². The van der Waals surface area contributed by atoms with E-state index in [4.69, 9.17) is 19.9 Å². The number of para-hydroxylation sites is 4. The van der Waals surface area contributed by atoms with Gasteiger partial charge in [-0.15, -0.1) is 0 Å². The van der Waals surface area contributed by atoms with Crippen LogP contribution in [0.3, 0.4) is 0 Å². The van der Waals surface area contributed by atoms with Gasteiger partial charge in [0.15, 0.2) is 0 Å². The Balaban J connectivity index is 1.13. The Morgan fingerprint density at radius 3 is 1.19 bits per heavy atom. The van der Waals surface area contributed by atoms with Gasteiger partial charge in [-0.05, 0) is 109 Å². The van der Waals surface area contributed by atoms with Gasteiger partial charge in [-0.1, -0.05) is 103 Å². The van der Waals surface area contributed by atoms with Crippen molar-refractivity contribution in [1.29, 1.82) is 0 Å². The molecule has 0 amide bonds. The summed E-state index contributed by atoms with van der Waals surface area (Å²) in [5.74, 6) is 0.783. The second-order valence-electron chi connectivity index (χ2n) is 15.5. The molecule has 0 bridgehead atoms. The largest absolute Gasteiger partial charge is 0.310 e. The van der Waals surface area contributed by atoms with E-state index in [-0.39, 0.29) is 0 Å². The van der Waals surface area contributed by atoms with Crippen LogP contribution in [0.5, 0.6) is 0 Å². The van der Waals surface area contributed by atoms with Crippen molar-refractivity contribution in [1.82, 2.24) is 24.5 Å². The van der Waals surface area contributed by atoms with Crippen molar-refractivity contribution in [3.8, 4) is 17.1 Å². The Morgan fingerprint density at radius 2 is 0.730 bits per heavy atom. The maximum Gasteiger partial charge on any atom is 0.138 e. The Labute approximate surface area is 363 Å². The standard InChI is InChI=1S/C56H37N7/c1-6-16-38(17-7-1)49-30-28-45-53-54(58-35-34-57-53)46-29-33-52(60-56(46)55(45)59-49)63-50-31-26-43(61(39-18-8-2-9-19-39)40-20-10-3-11-21-40)36-47(50)48-37-44(27-32-51(48)63)62(41-22-12-4-13-23-41)42-24-14-5-15-25-42/h1-37H. The van der Waals surface area contributed by atoms with Gasteiger partial charge in [-0.2, -0.15) is 0 Å². The van der Waals surface area contributed by atoms with Crippen molar-refractivity contribution in [3.05, 3.63) is 225 Å². The summed E-state index contributed by atoms with van der Waals surface area (Å²) in [5.41, 5.74) is 13.6. The van der Waals surface area contributed by atoms with Crippen LogP contribution in [0.1, 0.15) is 0 Å². The van der Waals surface area contributed by atoms with Crippen LogP contribution < -0.4 is 9.80 Å². The average Bonchev–Trinajstić information content (AvgIpc) is 3.68. The molecule has 296 valence electrons. The van der Waals surface area contributed by atoms with E-state index in [2.05, 4.69) is 208 Å². The molecule has 0 saturated heterocycles. The zero-order chi connectivity index (χ0) is 41.7. The summed E-state index contributed by atoms with van der Waals surface area (Å²) in [7, 11) is 0. The highest BCUT2D eigenvalue weighted by Crippen LogP contribution is 2.43. The third-order valence-electron chi connectivity index (χ3n) is 11.8. The van der Waals surface area contributed by atoms with Crippen molar-refractivity contribution < 1.29 is 0 Å². The van der Waals surface area contributed by atoms with Gasteiger partial charge in [0.1, 0.15) is 11.3 Å². The van der Waals surface area contributed by atoms with Crippen molar-refractivity contribution in [2.45, 2.75) is 0 Å². The fourth-order valence-corrected chi connectivity index (χ4v) is 9.00. The second-order valence-corrected chi connectivity index (χ2v) is 15.5. The molecule has 0 atom stereocenters. The number of hydrogen-bond donors (Lipinski definition) is 0. The summed E-state index contributed by atoms with van der Waals surface area (Å²) in [6, 6.07) is 74.4. The van der Waals surface area contributed by atoms with Crippen LogP contribution in [0.4, 0.5) is 34.1 Å². The van der Waals surface area contributed by atoms with Gasteiger partial charge < -0.3 is 9.80 Å². The molecule has 4 aromatic heterocycles. The molecular formula is C56H37N7. The van der Waals surface area contributed by atoms with Crippen LogP contribution in [-0.2, 0) is 0 Å². The van der Waals surface area contributed by atoms with E-state index in [9.17, 15) is 0 Å². The quantitative estimate of drug-likeness (QED) is 0.143. The normalized spacial score (nSPS) is 11.5. The molecule has 0 unspecified atom stereocenters. The highest BCUT2D eigenvalue weighted by Gasteiger charge is 2.22. The first-order chi connectivity index (χ1) is 31.3. The van der Waals surface area contributed by atoms with Gasteiger partial charge in [-0.3, -0.25) is 14.5 Å². The molecule has 8 aromatic carbocycles. The number of hydrogen-bond acceptors (Lipinski definition) is 6. The summed E-state index contributed by atoms with van der Waals surface area (Å²) >= 11 is 0. The second kappa shape index (κ2) is 15.1. The summed E-state index contributed by atoms with van der Waals surface area (Å²) in [6.07, 6.45) is 3.49. The summed E-state index contributed by atoms with van der Waals surface area (Å²) in [5, 5.41) is 4.02. The molecule has 4 heterocycles. The molecule has 0 spiro atoms.